The second-order valence-electron chi connectivity index (χ2n) is 8.23. The van der Waals surface area contributed by atoms with Crippen molar-refractivity contribution in [1.29, 1.82) is 0 Å². The Balaban J connectivity index is 1.78. The van der Waals surface area contributed by atoms with Crippen LogP contribution in [0.25, 0.3) is 0 Å². The highest BCUT2D eigenvalue weighted by molar-refractivity contribution is 6.35. The van der Waals surface area contributed by atoms with Crippen molar-refractivity contribution < 1.29 is 14.3 Å². The van der Waals surface area contributed by atoms with Crippen LogP contribution < -0.4 is 10.1 Å². The van der Waals surface area contributed by atoms with Crippen LogP contribution in [0.5, 0.6) is 5.75 Å². The van der Waals surface area contributed by atoms with E-state index in [0.717, 1.165) is 36.8 Å². The predicted molar refractivity (Wildman–Crippen MR) is 128 cm³/mol. The molecule has 0 aromatic heterocycles. The maximum absolute atomic E-state index is 13.3. The van der Waals surface area contributed by atoms with Crippen molar-refractivity contribution in [2.45, 2.75) is 64.6 Å². The fourth-order valence-electron chi connectivity index (χ4n) is 4.07. The maximum atomic E-state index is 13.3. The standard InChI is InChI=1S/C25H30Cl2N2O3/c1-3-22(25(31)28-20-10-6-7-11-20)29(15-18-9-5-4-8-17(18)2)24(30)16-32-23-13-12-19(26)14-21(23)27/h4-5,8-9,12-14,20,22H,3,6-7,10-11,15-16H2,1-2H3,(H,28,31)/t22-/m1/s1. The van der Waals surface area contributed by atoms with Crippen molar-refractivity contribution in [1.82, 2.24) is 10.2 Å². The van der Waals surface area contributed by atoms with Gasteiger partial charge < -0.3 is 15.0 Å². The summed E-state index contributed by atoms with van der Waals surface area (Å²) in [6.07, 6.45) is 4.75. The molecule has 0 bridgehead atoms. The molecule has 5 nitrogen and oxygen atoms in total. The van der Waals surface area contributed by atoms with E-state index < -0.39 is 6.04 Å². The summed E-state index contributed by atoms with van der Waals surface area (Å²) in [6, 6.07) is 12.3. The molecule has 2 aromatic rings. The van der Waals surface area contributed by atoms with Crippen molar-refractivity contribution in [3.8, 4) is 5.75 Å². The molecular formula is C25H30Cl2N2O3. The lowest BCUT2D eigenvalue weighted by molar-refractivity contribution is -0.143. The van der Waals surface area contributed by atoms with Gasteiger partial charge in [0.1, 0.15) is 11.8 Å². The van der Waals surface area contributed by atoms with Crippen LogP contribution in [0, 0.1) is 6.92 Å². The molecular weight excluding hydrogens is 447 g/mol. The number of hydrogen-bond donors (Lipinski definition) is 1. The highest BCUT2D eigenvalue weighted by Gasteiger charge is 2.31. The molecule has 0 radical (unpaired) electrons. The fourth-order valence-corrected chi connectivity index (χ4v) is 4.54. The Morgan fingerprint density at radius 3 is 2.53 bits per heavy atom. The van der Waals surface area contributed by atoms with Gasteiger partial charge in [0.15, 0.2) is 6.61 Å². The number of carbonyl (C=O) groups excluding carboxylic acids is 2. The Labute approximate surface area is 200 Å². The molecule has 1 atom stereocenters. The first-order valence-corrected chi connectivity index (χ1v) is 11.9. The highest BCUT2D eigenvalue weighted by atomic mass is 35.5. The summed E-state index contributed by atoms with van der Waals surface area (Å²) in [5.74, 6) is 0.00210. The van der Waals surface area contributed by atoms with Crippen molar-refractivity contribution in [2.75, 3.05) is 6.61 Å². The third-order valence-electron chi connectivity index (χ3n) is 5.93. The number of nitrogens with one attached hydrogen (secondary N) is 1. The monoisotopic (exact) mass is 476 g/mol. The number of nitrogens with zero attached hydrogens (tertiary/aromatic N) is 1. The van der Waals surface area contributed by atoms with Crippen LogP contribution >= 0.6 is 23.2 Å². The van der Waals surface area contributed by atoms with Crippen LogP contribution in [-0.2, 0) is 16.1 Å². The SMILES string of the molecule is CC[C@H](C(=O)NC1CCCC1)N(Cc1ccccc1C)C(=O)COc1ccc(Cl)cc1Cl. The highest BCUT2D eigenvalue weighted by Crippen LogP contribution is 2.28. The first-order chi connectivity index (χ1) is 15.4. The van der Waals surface area contributed by atoms with Crippen LogP contribution in [0.2, 0.25) is 10.0 Å². The number of hydrogen-bond acceptors (Lipinski definition) is 3. The normalized spacial score (nSPS) is 14.8. The molecule has 172 valence electrons. The largest absolute Gasteiger partial charge is 0.482 e. The van der Waals surface area contributed by atoms with Gasteiger partial charge in [0, 0.05) is 17.6 Å². The van der Waals surface area contributed by atoms with E-state index in [-0.39, 0.29) is 24.5 Å². The number of amides is 2. The fraction of sp³-hybridized carbons (Fsp3) is 0.440. The van der Waals surface area contributed by atoms with Gasteiger partial charge in [-0.1, -0.05) is 67.2 Å². The Bertz CT molecular complexity index is 945. The van der Waals surface area contributed by atoms with E-state index in [1.807, 2.05) is 38.1 Å². The van der Waals surface area contributed by atoms with E-state index in [4.69, 9.17) is 27.9 Å². The molecule has 3 rings (SSSR count). The Morgan fingerprint density at radius 2 is 1.88 bits per heavy atom. The molecule has 0 unspecified atom stereocenters. The predicted octanol–water partition coefficient (Wildman–Crippen LogP) is 5.55. The van der Waals surface area contributed by atoms with Crippen LogP contribution in [0.4, 0.5) is 0 Å². The zero-order chi connectivity index (χ0) is 23.1. The van der Waals surface area contributed by atoms with Gasteiger partial charge in [0.25, 0.3) is 5.91 Å². The second kappa shape index (κ2) is 11.6. The van der Waals surface area contributed by atoms with Gasteiger partial charge in [-0.05, 0) is 55.5 Å². The molecule has 0 aliphatic heterocycles. The van der Waals surface area contributed by atoms with Crippen molar-refractivity contribution in [3.05, 3.63) is 63.6 Å². The van der Waals surface area contributed by atoms with Crippen molar-refractivity contribution >= 4 is 35.0 Å². The van der Waals surface area contributed by atoms with Gasteiger partial charge in [-0.25, -0.2) is 0 Å². The molecule has 2 aromatic carbocycles. The van der Waals surface area contributed by atoms with E-state index in [0.29, 0.717) is 28.8 Å². The molecule has 0 spiro atoms. The molecule has 0 heterocycles. The van der Waals surface area contributed by atoms with Gasteiger partial charge in [0.2, 0.25) is 5.91 Å². The minimum absolute atomic E-state index is 0.106. The number of aryl methyl sites for hydroxylation is 1. The molecule has 1 N–H and O–H groups in total. The van der Waals surface area contributed by atoms with E-state index >= 15 is 0 Å². The smallest absolute Gasteiger partial charge is 0.261 e. The van der Waals surface area contributed by atoms with Gasteiger partial charge >= 0.3 is 0 Å². The average Bonchev–Trinajstić information content (AvgIpc) is 3.27. The van der Waals surface area contributed by atoms with E-state index in [1.54, 1.807) is 23.1 Å². The molecule has 7 heteroatoms. The molecule has 32 heavy (non-hydrogen) atoms. The summed E-state index contributed by atoms with van der Waals surface area (Å²) in [6.45, 7) is 4.04. The minimum Gasteiger partial charge on any atom is -0.482 e. The quantitative estimate of drug-likeness (QED) is 0.516. The summed E-state index contributed by atoms with van der Waals surface area (Å²) < 4.78 is 5.70. The average molecular weight is 477 g/mol. The van der Waals surface area contributed by atoms with Crippen molar-refractivity contribution in [3.63, 3.8) is 0 Å². The number of ether oxygens (including phenoxy) is 1. The maximum Gasteiger partial charge on any atom is 0.261 e. The number of carbonyl (C=O) groups is 2. The van der Waals surface area contributed by atoms with Gasteiger partial charge in [-0.15, -0.1) is 0 Å². The molecule has 2 amide bonds. The summed E-state index contributed by atoms with van der Waals surface area (Å²) in [5.41, 5.74) is 2.07. The summed E-state index contributed by atoms with van der Waals surface area (Å²) in [7, 11) is 0. The zero-order valence-corrected chi connectivity index (χ0v) is 20.1. The number of benzene rings is 2. The van der Waals surface area contributed by atoms with Crippen molar-refractivity contribution in [2.24, 2.45) is 0 Å². The third kappa shape index (κ3) is 6.39. The zero-order valence-electron chi connectivity index (χ0n) is 18.6. The van der Waals surface area contributed by atoms with Crippen LogP contribution in [0.1, 0.15) is 50.2 Å². The molecule has 0 saturated heterocycles. The number of halogens is 2. The Kier molecular flexibility index (Phi) is 8.83. The Morgan fingerprint density at radius 1 is 1.16 bits per heavy atom. The second-order valence-corrected chi connectivity index (χ2v) is 9.07. The lowest BCUT2D eigenvalue weighted by Crippen LogP contribution is -2.52. The summed E-state index contributed by atoms with van der Waals surface area (Å²) in [4.78, 5) is 28.1. The summed E-state index contributed by atoms with van der Waals surface area (Å²) >= 11 is 12.1. The molecule has 1 fully saturated rings. The van der Waals surface area contributed by atoms with E-state index in [9.17, 15) is 9.59 Å². The molecule has 1 aliphatic carbocycles. The van der Waals surface area contributed by atoms with Crippen LogP contribution in [0.15, 0.2) is 42.5 Å². The third-order valence-corrected chi connectivity index (χ3v) is 6.46. The van der Waals surface area contributed by atoms with E-state index in [2.05, 4.69) is 5.32 Å². The summed E-state index contributed by atoms with van der Waals surface area (Å²) in [5, 5.41) is 3.97. The van der Waals surface area contributed by atoms with Gasteiger partial charge in [-0.3, -0.25) is 9.59 Å². The first kappa shape index (κ1) is 24.4. The number of rotatable bonds is 9. The minimum atomic E-state index is -0.577. The Hall–Kier alpha value is -2.24. The lowest BCUT2D eigenvalue weighted by Gasteiger charge is -2.32. The molecule has 1 saturated carbocycles. The lowest BCUT2D eigenvalue weighted by atomic mass is 10.1. The molecule has 1 aliphatic rings. The topological polar surface area (TPSA) is 58.6 Å². The van der Waals surface area contributed by atoms with Crippen LogP contribution in [0.3, 0.4) is 0 Å². The van der Waals surface area contributed by atoms with Gasteiger partial charge in [0.05, 0.1) is 5.02 Å². The van der Waals surface area contributed by atoms with Crippen LogP contribution in [-0.4, -0.2) is 35.4 Å². The van der Waals surface area contributed by atoms with Gasteiger partial charge in [-0.2, -0.15) is 0 Å². The first-order valence-electron chi connectivity index (χ1n) is 11.1. The van der Waals surface area contributed by atoms with E-state index in [1.165, 1.54) is 0 Å².